The molecule has 1 fully saturated rings. The van der Waals surface area contributed by atoms with Crippen LogP contribution < -0.4 is 0 Å². The van der Waals surface area contributed by atoms with Crippen LogP contribution in [-0.4, -0.2) is 18.9 Å². The van der Waals surface area contributed by atoms with Gasteiger partial charge in [-0.15, -0.1) is 0 Å². The summed E-state index contributed by atoms with van der Waals surface area (Å²) < 4.78 is 4.66. The van der Waals surface area contributed by atoms with E-state index >= 15 is 0 Å². The van der Waals surface area contributed by atoms with E-state index < -0.39 is 0 Å². The molecule has 1 rings (SSSR count). The van der Waals surface area contributed by atoms with E-state index in [1.165, 1.54) is 7.11 Å². The summed E-state index contributed by atoms with van der Waals surface area (Å²) in [5.41, 5.74) is 0. The quantitative estimate of drug-likeness (QED) is 0.611. The molecule has 0 aliphatic heterocycles. The second-order valence-corrected chi connectivity index (χ2v) is 3.68. The predicted octanol–water partition coefficient (Wildman–Crippen LogP) is 1.55. The van der Waals surface area contributed by atoms with Crippen LogP contribution in [0.3, 0.4) is 0 Å². The molecule has 1 aliphatic rings. The van der Waals surface area contributed by atoms with Crippen LogP contribution in [0.4, 0.5) is 0 Å². The van der Waals surface area contributed by atoms with Gasteiger partial charge in [-0.2, -0.15) is 0 Å². The second kappa shape index (κ2) is 4.40. The van der Waals surface area contributed by atoms with Gasteiger partial charge >= 0.3 is 5.97 Å². The van der Waals surface area contributed by atoms with Gasteiger partial charge < -0.3 is 4.74 Å². The number of ketones is 1. The third-order valence-electron chi connectivity index (χ3n) is 2.84. The van der Waals surface area contributed by atoms with Crippen LogP contribution >= 0.6 is 0 Å². The molecule has 1 aliphatic carbocycles. The predicted molar refractivity (Wildman–Crippen MR) is 48.1 cm³/mol. The van der Waals surface area contributed by atoms with Crippen molar-refractivity contribution in [1.29, 1.82) is 0 Å². The van der Waals surface area contributed by atoms with Crippen LogP contribution in [0.15, 0.2) is 0 Å². The third kappa shape index (κ3) is 2.54. The maximum absolute atomic E-state index is 11.1. The minimum Gasteiger partial charge on any atom is -0.469 e. The molecule has 0 unspecified atom stereocenters. The SMILES string of the molecule is COC(=O)C1CCC(C(C)=O)CC1. The van der Waals surface area contributed by atoms with Crippen molar-refractivity contribution >= 4 is 11.8 Å². The Morgan fingerprint density at radius 3 is 1.92 bits per heavy atom. The second-order valence-electron chi connectivity index (χ2n) is 3.68. The lowest BCUT2D eigenvalue weighted by molar-refractivity contribution is -0.147. The zero-order valence-corrected chi connectivity index (χ0v) is 8.21. The molecule has 0 heterocycles. The molecular weight excluding hydrogens is 168 g/mol. The first-order chi connectivity index (χ1) is 6.15. The van der Waals surface area contributed by atoms with Crippen molar-refractivity contribution in [1.82, 2.24) is 0 Å². The fourth-order valence-electron chi connectivity index (χ4n) is 1.90. The van der Waals surface area contributed by atoms with E-state index in [2.05, 4.69) is 4.74 Å². The van der Waals surface area contributed by atoms with Crippen LogP contribution in [0.1, 0.15) is 32.6 Å². The Labute approximate surface area is 78.5 Å². The summed E-state index contributed by atoms with van der Waals surface area (Å²) in [6.07, 6.45) is 3.29. The number of methoxy groups -OCH3 is 1. The monoisotopic (exact) mass is 184 g/mol. The molecule has 13 heavy (non-hydrogen) atoms. The van der Waals surface area contributed by atoms with Crippen molar-refractivity contribution in [2.45, 2.75) is 32.6 Å². The molecule has 0 radical (unpaired) electrons. The lowest BCUT2D eigenvalue weighted by Crippen LogP contribution is -2.25. The Bertz CT molecular complexity index is 202. The fourth-order valence-corrected chi connectivity index (χ4v) is 1.90. The van der Waals surface area contributed by atoms with E-state index in [-0.39, 0.29) is 23.6 Å². The summed E-state index contributed by atoms with van der Waals surface area (Å²) >= 11 is 0. The summed E-state index contributed by atoms with van der Waals surface area (Å²) in [6.45, 7) is 1.63. The number of rotatable bonds is 2. The van der Waals surface area contributed by atoms with E-state index in [1.807, 2.05) is 0 Å². The van der Waals surface area contributed by atoms with Crippen LogP contribution in [0.2, 0.25) is 0 Å². The van der Waals surface area contributed by atoms with Crippen molar-refractivity contribution in [2.75, 3.05) is 7.11 Å². The Morgan fingerprint density at radius 1 is 1.08 bits per heavy atom. The van der Waals surface area contributed by atoms with Gasteiger partial charge in [-0.25, -0.2) is 0 Å². The Balaban J connectivity index is 2.39. The molecule has 0 N–H and O–H groups in total. The number of esters is 1. The highest BCUT2D eigenvalue weighted by molar-refractivity contribution is 5.79. The first-order valence-electron chi connectivity index (χ1n) is 4.73. The molecule has 0 amide bonds. The van der Waals surface area contributed by atoms with E-state index in [0.717, 1.165) is 25.7 Å². The molecule has 0 aromatic carbocycles. The number of hydrogen-bond donors (Lipinski definition) is 0. The highest BCUT2D eigenvalue weighted by Crippen LogP contribution is 2.29. The first-order valence-corrected chi connectivity index (χ1v) is 4.73. The summed E-state index contributed by atoms with van der Waals surface area (Å²) in [5.74, 6) is 0.340. The normalized spacial score (nSPS) is 28.2. The number of Topliss-reactive ketones (excluding diaryl/α,β-unsaturated/α-hetero) is 1. The van der Waals surface area contributed by atoms with E-state index in [0.29, 0.717) is 0 Å². The van der Waals surface area contributed by atoms with Crippen molar-refractivity contribution in [3.05, 3.63) is 0 Å². The molecular formula is C10H16O3. The van der Waals surface area contributed by atoms with Gasteiger partial charge in [-0.3, -0.25) is 9.59 Å². The molecule has 0 aromatic rings. The number of ether oxygens (including phenoxy) is 1. The Kier molecular flexibility index (Phi) is 3.46. The molecule has 74 valence electrons. The van der Waals surface area contributed by atoms with Gasteiger partial charge in [-0.1, -0.05) is 0 Å². The van der Waals surface area contributed by atoms with Gasteiger partial charge in [0.05, 0.1) is 13.0 Å². The maximum atomic E-state index is 11.1. The van der Waals surface area contributed by atoms with Gasteiger partial charge in [0.1, 0.15) is 5.78 Å². The minimum atomic E-state index is -0.123. The number of hydrogen-bond acceptors (Lipinski definition) is 3. The Morgan fingerprint density at radius 2 is 1.54 bits per heavy atom. The van der Waals surface area contributed by atoms with Crippen LogP contribution in [0.5, 0.6) is 0 Å². The molecule has 1 saturated carbocycles. The smallest absolute Gasteiger partial charge is 0.308 e. The highest BCUT2D eigenvalue weighted by Gasteiger charge is 2.28. The molecule has 3 nitrogen and oxygen atoms in total. The van der Waals surface area contributed by atoms with Crippen molar-refractivity contribution < 1.29 is 14.3 Å². The number of carbonyl (C=O) groups excluding carboxylic acids is 2. The average Bonchev–Trinajstić information content (AvgIpc) is 2.17. The van der Waals surface area contributed by atoms with E-state index in [1.54, 1.807) is 6.92 Å². The van der Waals surface area contributed by atoms with Crippen LogP contribution in [0, 0.1) is 11.8 Å². The van der Waals surface area contributed by atoms with Gasteiger partial charge in [0.2, 0.25) is 0 Å². The standard InChI is InChI=1S/C10H16O3/c1-7(11)8-3-5-9(6-4-8)10(12)13-2/h8-9H,3-6H2,1-2H3. The molecule has 0 saturated heterocycles. The third-order valence-corrected chi connectivity index (χ3v) is 2.84. The number of carbonyl (C=O) groups is 2. The van der Waals surface area contributed by atoms with E-state index in [9.17, 15) is 9.59 Å². The summed E-state index contributed by atoms with van der Waals surface area (Å²) in [7, 11) is 1.42. The zero-order chi connectivity index (χ0) is 9.84. The summed E-state index contributed by atoms with van der Waals surface area (Å²) in [5, 5.41) is 0. The largest absolute Gasteiger partial charge is 0.469 e. The van der Waals surface area contributed by atoms with Gasteiger partial charge in [0.25, 0.3) is 0 Å². The van der Waals surface area contributed by atoms with Crippen molar-refractivity contribution in [3.8, 4) is 0 Å². The molecule has 0 aromatic heterocycles. The first kappa shape index (κ1) is 10.2. The van der Waals surface area contributed by atoms with Crippen molar-refractivity contribution in [2.24, 2.45) is 11.8 Å². The van der Waals surface area contributed by atoms with E-state index in [4.69, 9.17) is 0 Å². The summed E-state index contributed by atoms with van der Waals surface area (Å²) in [4.78, 5) is 22.2. The van der Waals surface area contributed by atoms with Gasteiger partial charge in [0, 0.05) is 5.92 Å². The molecule has 0 spiro atoms. The van der Waals surface area contributed by atoms with Crippen molar-refractivity contribution in [3.63, 3.8) is 0 Å². The summed E-state index contributed by atoms with van der Waals surface area (Å²) in [6, 6.07) is 0. The van der Waals surface area contributed by atoms with Crippen LogP contribution in [-0.2, 0) is 14.3 Å². The topological polar surface area (TPSA) is 43.4 Å². The van der Waals surface area contributed by atoms with Gasteiger partial charge in [0.15, 0.2) is 0 Å². The zero-order valence-electron chi connectivity index (χ0n) is 8.21. The maximum Gasteiger partial charge on any atom is 0.308 e. The molecule has 0 atom stereocenters. The molecule has 3 heteroatoms. The highest BCUT2D eigenvalue weighted by atomic mass is 16.5. The average molecular weight is 184 g/mol. The lowest BCUT2D eigenvalue weighted by atomic mass is 9.80. The van der Waals surface area contributed by atoms with Crippen LogP contribution in [0.25, 0.3) is 0 Å². The van der Waals surface area contributed by atoms with Gasteiger partial charge in [-0.05, 0) is 32.6 Å². The fraction of sp³-hybridized carbons (Fsp3) is 0.800. The minimum absolute atomic E-state index is 0.0283. The molecule has 0 bridgehead atoms. The lowest BCUT2D eigenvalue weighted by Gasteiger charge is -2.24. The Hall–Kier alpha value is -0.860.